The first-order chi connectivity index (χ1) is 9.72. The summed E-state index contributed by atoms with van der Waals surface area (Å²) in [7, 11) is 1.59. The van der Waals surface area contributed by atoms with E-state index in [1.807, 2.05) is 0 Å². The molecule has 0 unspecified atom stereocenters. The van der Waals surface area contributed by atoms with Crippen molar-refractivity contribution < 1.29 is 9.53 Å². The predicted octanol–water partition coefficient (Wildman–Crippen LogP) is 3.01. The number of ether oxygens (including phenoxy) is 1. The summed E-state index contributed by atoms with van der Waals surface area (Å²) < 4.78 is 5.06. The summed E-state index contributed by atoms with van der Waals surface area (Å²) in [6, 6.07) is 16.2. The van der Waals surface area contributed by atoms with E-state index in [9.17, 15) is 4.79 Å². The lowest BCUT2D eigenvalue weighted by molar-refractivity contribution is 0.102. The zero-order valence-electron chi connectivity index (χ0n) is 11.1. The van der Waals surface area contributed by atoms with Gasteiger partial charge >= 0.3 is 0 Å². The van der Waals surface area contributed by atoms with Gasteiger partial charge in [0.2, 0.25) is 0 Å². The standard InChI is InChI=1S/C16H14N2O2/c1-20-15-8-6-14(7-9-15)18-16(19)13-4-2-12(3-5-13)10-11-17/h2-9H,10H2,1H3,(H,18,19). The third-order valence-electron chi connectivity index (χ3n) is 2.85. The molecule has 0 aliphatic rings. The van der Waals surface area contributed by atoms with Crippen molar-refractivity contribution in [3.63, 3.8) is 0 Å². The molecular formula is C16H14N2O2. The molecule has 2 aromatic carbocycles. The van der Waals surface area contributed by atoms with Crippen LogP contribution in [0, 0.1) is 11.3 Å². The number of anilines is 1. The molecule has 0 heterocycles. The Morgan fingerprint density at radius 1 is 1.15 bits per heavy atom. The van der Waals surface area contributed by atoms with Gasteiger partial charge in [-0.15, -0.1) is 0 Å². The highest BCUT2D eigenvalue weighted by atomic mass is 16.5. The topological polar surface area (TPSA) is 62.1 Å². The number of nitrogens with zero attached hydrogens (tertiary/aromatic N) is 1. The fourth-order valence-electron chi connectivity index (χ4n) is 1.74. The highest BCUT2D eigenvalue weighted by Gasteiger charge is 2.06. The average Bonchev–Trinajstić information content (AvgIpc) is 2.49. The fourth-order valence-corrected chi connectivity index (χ4v) is 1.74. The second-order valence-electron chi connectivity index (χ2n) is 4.21. The van der Waals surface area contributed by atoms with Crippen LogP contribution in [0.4, 0.5) is 5.69 Å². The Hall–Kier alpha value is -2.80. The van der Waals surface area contributed by atoms with E-state index in [1.54, 1.807) is 55.6 Å². The van der Waals surface area contributed by atoms with E-state index in [1.165, 1.54) is 0 Å². The molecular weight excluding hydrogens is 252 g/mol. The van der Waals surface area contributed by atoms with Gasteiger partial charge in [0.05, 0.1) is 19.6 Å². The van der Waals surface area contributed by atoms with E-state index < -0.39 is 0 Å². The molecule has 1 amide bonds. The van der Waals surface area contributed by atoms with Crippen LogP contribution in [0.1, 0.15) is 15.9 Å². The second kappa shape index (κ2) is 6.39. The normalized spacial score (nSPS) is 9.60. The van der Waals surface area contributed by atoms with Crippen molar-refractivity contribution in [3.8, 4) is 11.8 Å². The van der Waals surface area contributed by atoms with Crippen molar-refractivity contribution in [2.24, 2.45) is 0 Å². The van der Waals surface area contributed by atoms with Gasteiger partial charge in [-0.1, -0.05) is 12.1 Å². The van der Waals surface area contributed by atoms with Gasteiger partial charge in [0.1, 0.15) is 5.75 Å². The van der Waals surface area contributed by atoms with Crippen LogP contribution in [0.25, 0.3) is 0 Å². The lowest BCUT2D eigenvalue weighted by atomic mass is 10.1. The number of hydrogen-bond donors (Lipinski definition) is 1. The number of nitriles is 1. The molecule has 0 radical (unpaired) electrons. The number of methoxy groups -OCH3 is 1. The van der Waals surface area contributed by atoms with Crippen LogP contribution in [0.15, 0.2) is 48.5 Å². The molecule has 0 bridgehead atoms. The highest BCUT2D eigenvalue weighted by Crippen LogP contribution is 2.16. The van der Waals surface area contributed by atoms with Crippen LogP contribution in [-0.4, -0.2) is 13.0 Å². The molecule has 2 rings (SSSR count). The first-order valence-corrected chi connectivity index (χ1v) is 6.14. The zero-order valence-corrected chi connectivity index (χ0v) is 11.1. The third-order valence-corrected chi connectivity index (χ3v) is 2.85. The van der Waals surface area contributed by atoms with Gasteiger partial charge in [-0.2, -0.15) is 5.26 Å². The Bertz CT molecular complexity index is 625. The van der Waals surface area contributed by atoms with Crippen LogP contribution in [0.5, 0.6) is 5.75 Å². The summed E-state index contributed by atoms with van der Waals surface area (Å²) in [5, 5.41) is 11.4. The van der Waals surface area contributed by atoms with E-state index in [0.29, 0.717) is 17.7 Å². The first-order valence-electron chi connectivity index (χ1n) is 6.14. The molecule has 0 atom stereocenters. The smallest absolute Gasteiger partial charge is 0.255 e. The number of nitrogens with one attached hydrogen (secondary N) is 1. The van der Waals surface area contributed by atoms with Crippen LogP contribution in [0.2, 0.25) is 0 Å². The summed E-state index contributed by atoms with van der Waals surface area (Å²) in [5.41, 5.74) is 2.16. The number of hydrogen-bond acceptors (Lipinski definition) is 3. The Kier molecular flexibility index (Phi) is 4.35. The largest absolute Gasteiger partial charge is 0.497 e. The maximum Gasteiger partial charge on any atom is 0.255 e. The molecule has 2 aromatic rings. The van der Waals surface area contributed by atoms with Gasteiger partial charge in [-0.3, -0.25) is 4.79 Å². The first kappa shape index (κ1) is 13.6. The summed E-state index contributed by atoms with van der Waals surface area (Å²) in [6.45, 7) is 0. The Balaban J connectivity index is 2.05. The summed E-state index contributed by atoms with van der Waals surface area (Å²) in [5.74, 6) is 0.558. The van der Waals surface area contributed by atoms with E-state index in [0.717, 1.165) is 11.3 Å². The molecule has 0 aromatic heterocycles. The van der Waals surface area contributed by atoms with Crippen LogP contribution in [0.3, 0.4) is 0 Å². The van der Waals surface area contributed by atoms with Gasteiger partial charge in [0.15, 0.2) is 0 Å². The van der Waals surface area contributed by atoms with Gasteiger partial charge in [0.25, 0.3) is 5.91 Å². The fraction of sp³-hybridized carbons (Fsp3) is 0.125. The maximum absolute atomic E-state index is 12.0. The molecule has 0 saturated carbocycles. The van der Waals surface area contributed by atoms with Crippen molar-refractivity contribution >= 4 is 11.6 Å². The van der Waals surface area contributed by atoms with E-state index in [-0.39, 0.29) is 5.91 Å². The van der Waals surface area contributed by atoms with Crippen LogP contribution in [-0.2, 0) is 6.42 Å². The average molecular weight is 266 g/mol. The highest BCUT2D eigenvalue weighted by molar-refractivity contribution is 6.04. The van der Waals surface area contributed by atoms with Crippen molar-refractivity contribution in [1.82, 2.24) is 0 Å². The van der Waals surface area contributed by atoms with E-state index in [2.05, 4.69) is 11.4 Å². The van der Waals surface area contributed by atoms with Crippen molar-refractivity contribution in [2.75, 3.05) is 12.4 Å². The summed E-state index contributed by atoms with van der Waals surface area (Å²) in [6.07, 6.45) is 0.348. The molecule has 0 aliphatic heterocycles. The van der Waals surface area contributed by atoms with Gasteiger partial charge in [-0.05, 0) is 42.0 Å². The third kappa shape index (κ3) is 3.36. The molecule has 20 heavy (non-hydrogen) atoms. The summed E-state index contributed by atoms with van der Waals surface area (Å²) >= 11 is 0. The lowest BCUT2D eigenvalue weighted by Crippen LogP contribution is -2.11. The number of benzene rings is 2. The molecule has 0 aliphatic carbocycles. The van der Waals surface area contributed by atoms with Crippen molar-refractivity contribution in [1.29, 1.82) is 5.26 Å². The number of amides is 1. The molecule has 0 spiro atoms. The zero-order chi connectivity index (χ0) is 14.4. The monoisotopic (exact) mass is 266 g/mol. The Morgan fingerprint density at radius 2 is 1.80 bits per heavy atom. The van der Waals surface area contributed by atoms with Gasteiger partial charge < -0.3 is 10.1 Å². The minimum atomic E-state index is -0.182. The SMILES string of the molecule is COc1ccc(NC(=O)c2ccc(CC#N)cc2)cc1. The van der Waals surface area contributed by atoms with Crippen molar-refractivity contribution in [2.45, 2.75) is 6.42 Å². The minimum absolute atomic E-state index is 0.182. The number of carbonyl (C=O) groups excluding carboxylic acids is 1. The molecule has 0 saturated heterocycles. The van der Waals surface area contributed by atoms with Gasteiger partial charge in [0, 0.05) is 11.3 Å². The molecule has 0 fully saturated rings. The summed E-state index contributed by atoms with van der Waals surface area (Å²) in [4.78, 5) is 12.0. The molecule has 4 heteroatoms. The van der Waals surface area contributed by atoms with E-state index in [4.69, 9.17) is 10.00 Å². The van der Waals surface area contributed by atoms with E-state index >= 15 is 0 Å². The predicted molar refractivity (Wildman–Crippen MR) is 76.7 cm³/mol. The number of rotatable bonds is 4. The van der Waals surface area contributed by atoms with Crippen LogP contribution < -0.4 is 10.1 Å². The van der Waals surface area contributed by atoms with Crippen molar-refractivity contribution in [3.05, 3.63) is 59.7 Å². The van der Waals surface area contributed by atoms with Crippen LogP contribution >= 0.6 is 0 Å². The number of carbonyl (C=O) groups is 1. The lowest BCUT2D eigenvalue weighted by Gasteiger charge is -2.06. The molecule has 4 nitrogen and oxygen atoms in total. The Labute approximate surface area is 117 Å². The van der Waals surface area contributed by atoms with Gasteiger partial charge in [-0.25, -0.2) is 0 Å². The minimum Gasteiger partial charge on any atom is -0.497 e. The maximum atomic E-state index is 12.0. The Morgan fingerprint density at radius 3 is 2.35 bits per heavy atom. The molecule has 100 valence electrons. The second-order valence-corrected chi connectivity index (χ2v) is 4.21. The quantitative estimate of drug-likeness (QED) is 0.925. The molecule has 1 N–H and O–H groups in total.